The lowest BCUT2D eigenvalue weighted by molar-refractivity contribution is -0.126. The highest BCUT2D eigenvalue weighted by Crippen LogP contribution is 2.14. The van der Waals surface area contributed by atoms with Crippen molar-refractivity contribution in [3.63, 3.8) is 0 Å². The number of nitrogens with two attached hydrogens (primary N) is 1. The largest absolute Gasteiger partial charge is 0.396 e. The number of likely N-dealkylation sites (N-methyl/N-ethyl adjacent to an activating group) is 1. The van der Waals surface area contributed by atoms with Gasteiger partial charge in [-0.1, -0.05) is 0 Å². The number of aromatic nitrogens is 2. The molecule has 1 aromatic heterocycles. The minimum Gasteiger partial charge on any atom is -0.396 e. The number of nitrogen functional groups attached to an aromatic ring is 1. The molecule has 0 spiro atoms. The summed E-state index contributed by atoms with van der Waals surface area (Å²) in [7, 11) is 0. The summed E-state index contributed by atoms with van der Waals surface area (Å²) in [5.74, 6) is -0.481. The average Bonchev–Trinajstić information content (AvgIpc) is 2.55. The third-order valence-electron chi connectivity index (χ3n) is 2.55. The fourth-order valence-electron chi connectivity index (χ4n) is 1.50. The molecule has 7 nitrogen and oxygen atoms in total. The molecule has 100 valence electrons. The second-order valence-corrected chi connectivity index (χ2v) is 3.97. The third kappa shape index (κ3) is 3.47. The van der Waals surface area contributed by atoms with Crippen LogP contribution in [0, 0.1) is 13.8 Å². The summed E-state index contributed by atoms with van der Waals surface area (Å²) in [4.78, 5) is 22.8. The van der Waals surface area contributed by atoms with Crippen LogP contribution in [-0.4, -0.2) is 34.7 Å². The maximum absolute atomic E-state index is 11.6. The van der Waals surface area contributed by atoms with Crippen LogP contribution in [0.3, 0.4) is 0 Å². The first-order valence-corrected chi connectivity index (χ1v) is 5.78. The van der Waals surface area contributed by atoms with Crippen molar-refractivity contribution in [1.82, 2.24) is 20.4 Å². The van der Waals surface area contributed by atoms with Gasteiger partial charge in [0.05, 0.1) is 23.6 Å². The van der Waals surface area contributed by atoms with E-state index < -0.39 is 0 Å². The number of carbonyl (C=O) groups is 2. The zero-order chi connectivity index (χ0) is 13.7. The van der Waals surface area contributed by atoms with Gasteiger partial charge in [-0.3, -0.25) is 14.3 Å². The van der Waals surface area contributed by atoms with Gasteiger partial charge in [0.1, 0.15) is 6.54 Å². The van der Waals surface area contributed by atoms with Crippen LogP contribution in [0.1, 0.15) is 18.3 Å². The molecular formula is C11H19N5O2. The van der Waals surface area contributed by atoms with Crippen molar-refractivity contribution in [3.8, 4) is 0 Å². The number of hydrogen-bond acceptors (Lipinski definition) is 4. The number of carbonyl (C=O) groups excluding carboxylic acids is 2. The van der Waals surface area contributed by atoms with Crippen LogP contribution in [-0.2, 0) is 16.1 Å². The molecule has 0 aliphatic rings. The number of nitrogens with one attached hydrogen (secondary N) is 2. The van der Waals surface area contributed by atoms with E-state index >= 15 is 0 Å². The van der Waals surface area contributed by atoms with Crippen LogP contribution in [0.2, 0.25) is 0 Å². The van der Waals surface area contributed by atoms with Gasteiger partial charge >= 0.3 is 0 Å². The second kappa shape index (κ2) is 6.04. The first kappa shape index (κ1) is 14.0. The minimum atomic E-state index is -0.271. The van der Waals surface area contributed by atoms with Gasteiger partial charge in [-0.25, -0.2) is 0 Å². The summed E-state index contributed by atoms with van der Waals surface area (Å²) >= 11 is 0. The molecule has 0 aliphatic heterocycles. The Morgan fingerprint density at radius 3 is 2.44 bits per heavy atom. The van der Waals surface area contributed by atoms with Gasteiger partial charge in [0.2, 0.25) is 11.8 Å². The van der Waals surface area contributed by atoms with E-state index in [1.165, 1.54) is 4.68 Å². The van der Waals surface area contributed by atoms with E-state index in [0.29, 0.717) is 17.9 Å². The Hall–Kier alpha value is -2.05. The molecular weight excluding hydrogens is 234 g/mol. The summed E-state index contributed by atoms with van der Waals surface area (Å²) in [6.07, 6.45) is 0. The predicted molar refractivity (Wildman–Crippen MR) is 67.8 cm³/mol. The van der Waals surface area contributed by atoms with Gasteiger partial charge < -0.3 is 16.4 Å². The van der Waals surface area contributed by atoms with Crippen molar-refractivity contribution >= 4 is 17.5 Å². The predicted octanol–water partition coefficient (Wildman–Crippen LogP) is -0.666. The molecule has 0 aliphatic carbocycles. The monoisotopic (exact) mass is 253 g/mol. The van der Waals surface area contributed by atoms with Gasteiger partial charge in [0.15, 0.2) is 0 Å². The highest BCUT2D eigenvalue weighted by atomic mass is 16.2. The van der Waals surface area contributed by atoms with Crippen molar-refractivity contribution in [2.75, 3.05) is 18.8 Å². The molecule has 1 aromatic rings. The fourth-order valence-corrected chi connectivity index (χ4v) is 1.50. The van der Waals surface area contributed by atoms with Crippen LogP contribution >= 0.6 is 0 Å². The molecule has 18 heavy (non-hydrogen) atoms. The smallest absolute Gasteiger partial charge is 0.242 e. The highest BCUT2D eigenvalue weighted by Gasteiger charge is 2.11. The Labute approximate surface area is 106 Å². The van der Waals surface area contributed by atoms with E-state index in [4.69, 9.17) is 5.73 Å². The Bertz CT molecular complexity index is 453. The van der Waals surface area contributed by atoms with E-state index in [1.807, 2.05) is 6.92 Å². The zero-order valence-corrected chi connectivity index (χ0v) is 10.9. The van der Waals surface area contributed by atoms with Crippen molar-refractivity contribution in [2.24, 2.45) is 0 Å². The number of anilines is 1. The van der Waals surface area contributed by atoms with Gasteiger partial charge in [0, 0.05) is 6.54 Å². The highest BCUT2D eigenvalue weighted by molar-refractivity contribution is 5.84. The van der Waals surface area contributed by atoms with Crippen LogP contribution in [0.15, 0.2) is 0 Å². The Balaban J connectivity index is 2.50. The maximum Gasteiger partial charge on any atom is 0.242 e. The van der Waals surface area contributed by atoms with E-state index in [2.05, 4.69) is 15.7 Å². The Morgan fingerprint density at radius 2 is 1.94 bits per heavy atom. The van der Waals surface area contributed by atoms with E-state index in [9.17, 15) is 9.59 Å². The van der Waals surface area contributed by atoms with E-state index in [1.54, 1.807) is 13.8 Å². The molecule has 4 N–H and O–H groups in total. The maximum atomic E-state index is 11.6. The fraction of sp³-hybridized carbons (Fsp3) is 0.545. The molecule has 0 atom stereocenters. The molecule has 0 fully saturated rings. The number of amides is 2. The lowest BCUT2D eigenvalue weighted by Crippen LogP contribution is -2.38. The summed E-state index contributed by atoms with van der Waals surface area (Å²) in [5.41, 5.74) is 7.80. The SMILES string of the molecule is CCNC(=O)CNC(=O)Cn1nc(C)c(N)c1C. The van der Waals surface area contributed by atoms with E-state index in [-0.39, 0.29) is 24.9 Å². The van der Waals surface area contributed by atoms with Crippen molar-refractivity contribution < 1.29 is 9.59 Å². The molecule has 0 radical (unpaired) electrons. The molecule has 0 saturated carbocycles. The summed E-state index contributed by atoms with van der Waals surface area (Å²) in [5, 5.41) is 9.26. The van der Waals surface area contributed by atoms with E-state index in [0.717, 1.165) is 5.69 Å². The lowest BCUT2D eigenvalue weighted by Gasteiger charge is -2.06. The lowest BCUT2D eigenvalue weighted by atomic mass is 10.3. The molecule has 0 aromatic carbocycles. The van der Waals surface area contributed by atoms with Gasteiger partial charge in [-0.05, 0) is 20.8 Å². The number of nitrogens with zero attached hydrogens (tertiary/aromatic N) is 2. The van der Waals surface area contributed by atoms with Crippen LogP contribution in [0.4, 0.5) is 5.69 Å². The summed E-state index contributed by atoms with van der Waals surface area (Å²) in [6, 6.07) is 0. The van der Waals surface area contributed by atoms with Crippen LogP contribution < -0.4 is 16.4 Å². The molecule has 1 rings (SSSR count). The van der Waals surface area contributed by atoms with Crippen molar-refractivity contribution in [3.05, 3.63) is 11.4 Å². The Kier molecular flexibility index (Phi) is 4.70. The third-order valence-corrected chi connectivity index (χ3v) is 2.55. The summed E-state index contributed by atoms with van der Waals surface area (Å²) < 4.78 is 1.53. The number of rotatable bonds is 5. The molecule has 0 unspecified atom stereocenters. The standard InChI is InChI=1S/C11H19N5O2/c1-4-13-9(17)5-14-10(18)6-16-8(3)11(12)7(2)15-16/h4-6,12H2,1-3H3,(H,13,17)(H,14,18). The molecule has 0 bridgehead atoms. The second-order valence-electron chi connectivity index (χ2n) is 3.97. The quantitative estimate of drug-likeness (QED) is 0.648. The topological polar surface area (TPSA) is 102 Å². The molecule has 0 saturated heterocycles. The van der Waals surface area contributed by atoms with Crippen molar-refractivity contribution in [1.29, 1.82) is 0 Å². The van der Waals surface area contributed by atoms with Gasteiger partial charge in [-0.15, -0.1) is 0 Å². The minimum absolute atomic E-state index is 0.0263. The van der Waals surface area contributed by atoms with Crippen LogP contribution in [0.25, 0.3) is 0 Å². The first-order valence-electron chi connectivity index (χ1n) is 5.78. The van der Waals surface area contributed by atoms with Gasteiger partial charge in [-0.2, -0.15) is 5.10 Å². The normalized spacial score (nSPS) is 10.2. The average molecular weight is 253 g/mol. The molecule has 2 amide bonds. The number of aryl methyl sites for hydroxylation is 1. The zero-order valence-electron chi connectivity index (χ0n) is 10.9. The van der Waals surface area contributed by atoms with Crippen LogP contribution in [0.5, 0.6) is 0 Å². The molecule has 7 heteroatoms. The first-order chi connectivity index (χ1) is 8.45. The number of hydrogen-bond donors (Lipinski definition) is 3. The Morgan fingerprint density at radius 1 is 1.28 bits per heavy atom. The molecule has 1 heterocycles. The van der Waals surface area contributed by atoms with Gasteiger partial charge in [0.25, 0.3) is 0 Å². The summed E-state index contributed by atoms with van der Waals surface area (Å²) in [6.45, 7) is 5.98. The van der Waals surface area contributed by atoms with Crippen molar-refractivity contribution in [2.45, 2.75) is 27.3 Å².